The Morgan fingerprint density at radius 2 is 1.70 bits per heavy atom. The number of amides is 2. The van der Waals surface area contributed by atoms with Gasteiger partial charge in [-0.2, -0.15) is 0 Å². The van der Waals surface area contributed by atoms with Gasteiger partial charge in [0.15, 0.2) is 0 Å². The van der Waals surface area contributed by atoms with E-state index in [-0.39, 0.29) is 11.3 Å². The predicted octanol–water partition coefficient (Wildman–Crippen LogP) is 6.53. The number of benzene rings is 2. The van der Waals surface area contributed by atoms with Crippen LogP contribution in [0.1, 0.15) is 43.7 Å². The van der Waals surface area contributed by atoms with Gasteiger partial charge in [-0.1, -0.05) is 45.9 Å². The molecule has 0 spiro atoms. The Hall–Kier alpha value is -4.07. The van der Waals surface area contributed by atoms with Crippen LogP contribution in [0.2, 0.25) is 0 Å². The number of aryl methyl sites for hydroxylation is 1. The number of anilines is 3. The fourth-order valence-corrected chi connectivity index (χ4v) is 4.22. The molecule has 2 amide bonds. The van der Waals surface area contributed by atoms with E-state index in [1.807, 2.05) is 31.2 Å². The molecule has 0 aliphatic rings. The molecule has 37 heavy (non-hydrogen) atoms. The third-order valence-corrected chi connectivity index (χ3v) is 5.70. The van der Waals surface area contributed by atoms with Gasteiger partial charge in [0, 0.05) is 24.3 Å². The highest BCUT2D eigenvalue weighted by Crippen LogP contribution is 2.36. The molecule has 1 aromatic heterocycles. The van der Waals surface area contributed by atoms with Gasteiger partial charge in [-0.3, -0.25) is 4.98 Å². The third-order valence-electron chi connectivity index (χ3n) is 5.70. The Morgan fingerprint density at radius 1 is 1.00 bits per heavy atom. The quantitative estimate of drug-likeness (QED) is 0.290. The molecular weight excluding hydrogens is 468 g/mol. The lowest BCUT2D eigenvalue weighted by atomic mass is 9.97. The summed E-state index contributed by atoms with van der Waals surface area (Å²) in [7, 11) is 1.45. The van der Waals surface area contributed by atoms with Crippen molar-refractivity contribution in [1.82, 2.24) is 4.98 Å². The number of aromatic carboxylic acids is 1. The molecule has 0 fully saturated rings. The lowest BCUT2D eigenvalue weighted by molar-refractivity contribution is 0.0694. The summed E-state index contributed by atoms with van der Waals surface area (Å²) in [5.74, 6) is -0.0159. The molecule has 0 aliphatic carbocycles. The Kier molecular flexibility index (Phi) is 9.11. The van der Waals surface area contributed by atoms with Gasteiger partial charge in [-0.25, -0.2) is 9.59 Å². The zero-order valence-corrected chi connectivity index (χ0v) is 22.3. The number of aromatic nitrogens is 1. The van der Waals surface area contributed by atoms with Crippen LogP contribution in [0.3, 0.4) is 0 Å². The van der Waals surface area contributed by atoms with E-state index in [0.717, 1.165) is 24.5 Å². The van der Waals surface area contributed by atoms with Gasteiger partial charge in [0.2, 0.25) is 0 Å². The van der Waals surface area contributed by atoms with Crippen molar-refractivity contribution in [2.75, 3.05) is 35.7 Å². The second kappa shape index (κ2) is 12.3. The molecule has 0 radical (unpaired) electrons. The third kappa shape index (κ3) is 7.22. The number of carboxylic acid groups (broad SMARTS) is 1. The van der Waals surface area contributed by atoms with Gasteiger partial charge >= 0.3 is 12.0 Å². The standard InChI is InChI=1S/C29H36N4O4/c1-18(2)16-33(17-19(3)4)25-13-11-21(23-8-7-9-26(37-6)27(23)28(34)35)14-24(25)32-29(36)31-22-12-10-20(5)30-15-22/h7-15,18-19H,16-17H2,1-6H3,(H,34,35)(H2,31,32,36). The SMILES string of the molecule is COc1cccc(-c2ccc(N(CC(C)C)CC(C)C)c(NC(=O)Nc3ccc(C)nc3)c2)c1C(=O)O. The molecular formula is C29H36N4O4. The second-order valence-corrected chi connectivity index (χ2v) is 9.88. The van der Waals surface area contributed by atoms with Gasteiger partial charge < -0.3 is 25.4 Å². The van der Waals surface area contributed by atoms with Crippen molar-refractivity contribution >= 4 is 29.1 Å². The molecule has 1 heterocycles. The van der Waals surface area contributed by atoms with Gasteiger partial charge in [0.1, 0.15) is 11.3 Å². The summed E-state index contributed by atoms with van der Waals surface area (Å²) in [6.45, 7) is 12.1. The Labute approximate surface area is 218 Å². The van der Waals surface area contributed by atoms with Crippen LogP contribution in [0.4, 0.5) is 21.9 Å². The summed E-state index contributed by atoms with van der Waals surface area (Å²) in [5, 5.41) is 15.7. The van der Waals surface area contributed by atoms with E-state index in [0.29, 0.717) is 34.3 Å². The fourth-order valence-electron chi connectivity index (χ4n) is 4.22. The molecule has 3 aromatic rings. The fraction of sp³-hybridized carbons (Fsp3) is 0.345. The topological polar surface area (TPSA) is 104 Å². The normalized spacial score (nSPS) is 10.9. The van der Waals surface area contributed by atoms with Crippen molar-refractivity contribution in [3.63, 3.8) is 0 Å². The van der Waals surface area contributed by atoms with Crippen molar-refractivity contribution in [1.29, 1.82) is 0 Å². The lowest BCUT2D eigenvalue weighted by Gasteiger charge is -2.31. The van der Waals surface area contributed by atoms with Crippen LogP contribution >= 0.6 is 0 Å². The largest absolute Gasteiger partial charge is 0.496 e. The van der Waals surface area contributed by atoms with Crippen molar-refractivity contribution < 1.29 is 19.4 Å². The number of carboxylic acids is 1. The summed E-state index contributed by atoms with van der Waals surface area (Å²) < 4.78 is 5.31. The minimum Gasteiger partial charge on any atom is -0.496 e. The molecule has 3 rings (SSSR count). The first-order valence-electron chi connectivity index (χ1n) is 12.4. The number of pyridine rings is 1. The van der Waals surface area contributed by atoms with E-state index in [2.05, 4.69) is 48.2 Å². The predicted molar refractivity (Wildman–Crippen MR) is 149 cm³/mol. The highest BCUT2D eigenvalue weighted by atomic mass is 16.5. The van der Waals surface area contributed by atoms with Crippen molar-refractivity contribution in [3.05, 3.63) is 66.0 Å². The molecule has 0 unspecified atom stereocenters. The average Bonchev–Trinajstić information content (AvgIpc) is 2.83. The summed E-state index contributed by atoms with van der Waals surface area (Å²) in [6, 6.07) is 14.0. The van der Waals surface area contributed by atoms with Gasteiger partial charge in [-0.15, -0.1) is 0 Å². The maximum atomic E-state index is 13.0. The zero-order chi connectivity index (χ0) is 27.1. The molecule has 0 saturated heterocycles. The van der Waals surface area contributed by atoms with Gasteiger partial charge in [0.25, 0.3) is 0 Å². The van der Waals surface area contributed by atoms with Crippen molar-refractivity contribution in [2.24, 2.45) is 11.8 Å². The van der Waals surface area contributed by atoms with Crippen LogP contribution in [-0.4, -0.2) is 42.3 Å². The van der Waals surface area contributed by atoms with Crippen LogP contribution in [0.5, 0.6) is 5.75 Å². The Balaban J connectivity index is 2.08. The number of carbonyl (C=O) groups excluding carboxylic acids is 1. The van der Waals surface area contributed by atoms with Gasteiger partial charge in [-0.05, 0) is 54.7 Å². The van der Waals surface area contributed by atoms with Crippen LogP contribution in [0.15, 0.2) is 54.7 Å². The molecule has 196 valence electrons. The number of nitrogens with zero attached hydrogens (tertiary/aromatic N) is 2. The number of methoxy groups -OCH3 is 1. The monoisotopic (exact) mass is 504 g/mol. The Bertz CT molecular complexity index is 1230. The number of hydrogen-bond donors (Lipinski definition) is 3. The van der Waals surface area contributed by atoms with Crippen molar-refractivity contribution in [3.8, 4) is 16.9 Å². The number of hydrogen-bond acceptors (Lipinski definition) is 5. The molecule has 0 atom stereocenters. The van der Waals surface area contributed by atoms with E-state index in [9.17, 15) is 14.7 Å². The highest BCUT2D eigenvalue weighted by Gasteiger charge is 2.21. The smallest absolute Gasteiger partial charge is 0.340 e. The minimum absolute atomic E-state index is 0.0695. The molecule has 0 saturated carbocycles. The van der Waals surface area contributed by atoms with E-state index in [1.54, 1.807) is 30.5 Å². The summed E-state index contributed by atoms with van der Waals surface area (Å²) in [5.41, 5.74) is 4.10. The van der Waals surface area contributed by atoms with Crippen LogP contribution in [0.25, 0.3) is 11.1 Å². The summed E-state index contributed by atoms with van der Waals surface area (Å²) >= 11 is 0. The van der Waals surface area contributed by atoms with Crippen LogP contribution < -0.4 is 20.3 Å². The van der Waals surface area contributed by atoms with E-state index in [4.69, 9.17) is 4.74 Å². The van der Waals surface area contributed by atoms with Crippen LogP contribution in [0, 0.1) is 18.8 Å². The zero-order valence-electron chi connectivity index (χ0n) is 22.3. The van der Waals surface area contributed by atoms with E-state index < -0.39 is 12.0 Å². The Morgan fingerprint density at radius 3 is 2.27 bits per heavy atom. The molecule has 0 bridgehead atoms. The summed E-state index contributed by atoms with van der Waals surface area (Å²) in [4.78, 5) is 31.6. The average molecular weight is 505 g/mol. The molecule has 8 nitrogen and oxygen atoms in total. The van der Waals surface area contributed by atoms with E-state index >= 15 is 0 Å². The molecule has 0 aliphatic heterocycles. The molecule has 2 aromatic carbocycles. The highest BCUT2D eigenvalue weighted by molar-refractivity contribution is 6.03. The van der Waals surface area contributed by atoms with Crippen molar-refractivity contribution in [2.45, 2.75) is 34.6 Å². The number of ether oxygens (including phenoxy) is 1. The number of nitrogens with one attached hydrogen (secondary N) is 2. The lowest BCUT2D eigenvalue weighted by Crippen LogP contribution is -2.32. The number of urea groups is 1. The minimum atomic E-state index is -1.09. The molecule has 8 heteroatoms. The van der Waals surface area contributed by atoms with E-state index in [1.165, 1.54) is 7.11 Å². The van der Waals surface area contributed by atoms with Gasteiger partial charge in [0.05, 0.1) is 30.4 Å². The summed E-state index contributed by atoms with van der Waals surface area (Å²) in [6.07, 6.45) is 1.60. The maximum Gasteiger partial charge on any atom is 0.340 e. The van der Waals surface area contributed by atoms with Crippen LogP contribution in [-0.2, 0) is 0 Å². The number of rotatable bonds is 10. The first-order chi connectivity index (χ1) is 17.6. The first-order valence-corrected chi connectivity index (χ1v) is 12.4. The second-order valence-electron chi connectivity index (χ2n) is 9.88. The number of carbonyl (C=O) groups is 2. The maximum absolute atomic E-state index is 13.0. The molecule has 3 N–H and O–H groups in total. The first kappa shape index (κ1) is 27.5.